The standard InChI is InChI=1S/C16H25BrN2O2/c1-4-19-7-5-13(6-8-19)18-11-12-9-15(20-2)16(21-3)10-14(12)17/h9-10,13,18H,4-8,11H2,1-3H3. The quantitative estimate of drug-likeness (QED) is 0.849. The van der Waals surface area contributed by atoms with E-state index < -0.39 is 0 Å². The molecule has 1 fully saturated rings. The molecule has 4 nitrogen and oxygen atoms in total. The summed E-state index contributed by atoms with van der Waals surface area (Å²) in [6.07, 6.45) is 2.44. The molecule has 5 heteroatoms. The fourth-order valence-electron chi connectivity index (χ4n) is 2.74. The van der Waals surface area contributed by atoms with Crippen molar-refractivity contribution >= 4 is 15.9 Å². The van der Waals surface area contributed by atoms with Gasteiger partial charge < -0.3 is 19.7 Å². The molecule has 0 saturated carbocycles. The number of halogens is 1. The van der Waals surface area contributed by atoms with E-state index in [9.17, 15) is 0 Å². The molecule has 1 aromatic rings. The van der Waals surface area contributed by atoms with Crippen LogP contribution in [-0.4, -0.2) is 44.8 Å². The van der Waals surface area contributed by atoms with Crippen LogP contribution in [0.15, 0.2) is 16.6 Å². The number of nitrogens with one attached hydrogen (secondary N) is 1. The van der Waals surface area contributed by atoms with Crippen LogP contribution in [0.25, 0.3) is 0 Å². The predicted molar refractivity (Wildman–Crippen MR) is 89.2 cm³/mol. The average molecular weight is 357 g/mol. The number of hydrogen-bond acceptors (Lipinski definition) is 4. The van der Waals surface area contributed by atoms with E-state index in [0.29, 0.717) is 6.04 Å². The molecule has 0 unspecified atom stereocenters. The van der Waals surface area contributed by atoms with Gasteiger partial charge in [0.05, 0.1) is 14.2 Å². The molecule has 0 spiro atoms. The highest BCUT2D eigenvalue weighted by molar-refractivity contribution is 9.10. The van der Waals surface area contributed by atoms with Gasteiger partial charge >= 0.3 is 0 Å². The molecule has 21 heavy (non-hydrogen) atoms. The van der Waals surface area contributed by atoms with Gasteiger partial charge in [-0.05, 0) is 50.2 Å². The van der Waals surface area contributed by atoms with Crippen molar-refractivity contribution in [2.24, 2.45) is 0 Å². The zero-order valence-corrected chi connectivity index (χ0v) is 14.7. The summed E-state index contributed by atoms with van der Waals surface area (Å²) in [6.45, 7) is 6.63. The Bertz CT molecular complexity index is 460. The van der Waals surface area contributed by atoms with Crippen LogP contribution in [0.4, 0.5) is 0 Å². The maximum atomic E-state index is 5.37. The number of piperidine rings is 1. The predicted octanol–water partition coefficient (Wildman–Crippen LogP) is 3.04. The molecule has 1 heterocycles. The molecule has 118 valence electrons. The maximum Gasteiger partial charge on any atom is 0.161 e. The molecule has 0 radical (unpaired) electrons. The lowest BCUT2D eigenvalue weighted by atomic mass is 10.0. The number of benzene rings is 1. The zero-order valence-electron chi connectivity index (χ0n) is 13.1. The minimum atomic E-state index is 0.604. The Morgan fingerprint density at radius 1 is 1.19 bits per heavy atom. The van der Waals surface area contributed by atoms with Crippen LogP contribution in [0.1, 0.15) is 25.3 Å². The van der Waals surface area contributed by atoms with Gasteiger partial charge in [-0.1, -0.05) is 22.9 Å². The van der Waals surface area contributed by atoms with E-state index in [0.717, 1.165) is 29.1 Å². The summed E-state index contributed by atoms with van der Waals surface area (Å²) >= 11 is 3.61. The van der Waals surface area contributed by atoms with Crippen LogP contribution in [0, 0.1) is 0 Å². The Morgan fingerprint density at radius 3 is 2.38 bits per heavy atom. The summed E-state index contributed by atoms with van der Waals surface area (Å²) in [4.78, 5) is 2.50. The van der Waals surface area contributed by atoms with Crippen molar-refractivity contribution < 1.29 is 9.47 Å². The molecule has 0 aromatic heterocycles. The molecule has 0 amide bonds. The lowest BCUT2D eigenvalue weighted by Crippen LogP contribution is -2.42. The SMILES string of the molecule is CCN1CCC(NCc2cc(OC)c(OC)cc2Br)CC1. The third-order valence-electron chi connectivity index (χ3n) is 4.17. The number of methoxy groups -OCH3 is 2. The Kier molecular flexibility index (Phi) is 6.33. The molecular weight excluding hydrogens is 332 g/mol. The van der Waals surface area contributed by atoms with E-state index >= 15 is 0 Å². The van der Waals surface area contributed by atoms with E-state index in [2.05, 4.69) is 33.1 Å². The Hall–Kier alpha value is -0.780. The van der Waals surface area contributed by atoms with Crippen LogP contribution in [0.5, 0.6) is 11.5 Å². The highest BCUT2D eigenvalue weighted by atomic mass is 79.9. The molecule has 0 aliphatic carbocycles. The van der Waals surface area contributed by atoms with E-state index in [1.54, 1.807) is 14.2 Å². The molecule has 2 rings (SSSR count). The van der Waals surface area contributed by atoms with Crippen LogP contribution in [-0.2, 0) is 6.54 Å². The molecule has 1 saturated heterocycles. The summed E-state index contributed by atoms with van der Waals surface area (Å²) in [5, 5.41) is 3.66. The fraction of sp³-hybridized carbons (Fsp3) is 0.625. The van der Waals surface area contributed by atoms with Crippen LogP contribution in [0.2, 0.25) is 0 Å². The van der Waals surface area contributed by atoms with Gasteiger partial charge in [-0.3, -0.25) is 0 Å². The number of rotatable bonds is 6. The van der Waals surface area contributed by atoms with E-state index in [1.165, 1.54) is 31.5 Å². The van der Waals surface area contributed by atoms with E-state index in [1.807, 2.05) is 12.1 Å². The third-order valence-corrected chi connectivity index (χ3v) is 4.91. The van der Waals surface area contributed by atoms with Crippen LogP contribution >= 0.6 is 15.9 Å². The van der Waals surface area contributed by atoms with Gasteiger partial charge in [0.2, 0.25) is 0 Å². The summed E-state index contributed by atoms with van der Waals surface area (Å²) < 4.78 is 11.7. The minimum Gasteiger partial charge on any atom is -0.493 e. The number of nitrogens with zero attached hydrogens (tertiary/aromatic N) is 1. The van der Waals surface area contributed by atoms with E-state index in [-0.39, 0.29) is 0 Å². The van der Waals surface area contributed by atoms with Crippen molar-refractivity contribution in [2.75, 3.05) is 33.9 Å². The molecule has 0 bridgehead atoms. The lowest BCUT2D eigenvalue weighted by Gasteiger charge is -2.31. The Morgan fingerprint density at radius 2 is 1.81 bits per heavy atom. The fourth-order valence-corrected chi connectivity index (χ4v) is 3.20. The highest BCUT2D eigenvalue weighted by Gasteiger charge is 2.18. The van der Waals surface area contributed by atoms with Crippen molar-refractivity contribution in [3.63, 3.8) is 0 Å². The Labute approximate surface area is 135 Å². The van der Waals surface area contributed by atoms with Gasteiger partial charge in [0.1, 0.15) is 0 Å². The molecular formula is C16H25BrN2O2. The number of hydrogen-bond donors (Lipinski definition) is 1. The van der Waals surface area contributed by atoms with Crippen LogP contribution < -0.4 is 14.8 Å². The van der Waals surface area contributed by atoms with Crippen molar-refractivity contribution in [1.29, 1.82) is 0 Å². The first-order valence-electron chi connectivity index (χ1n) is 7.54. The topological polar surface area (TPSA) is 33.7 Å². The first-order chi connectivity index (χ1) is 10.2. The number of likely N-dealkylation sites (tertiary alicyclic amines) is 1. The van der Waals surface area contributed by atoms with Crippen molar-refractivity contribution in [3.05, 3.63) is 22.2 Å². The summed E-state index contributed by atoms with van der Waals surface area (Å²) in [6, 6.07) is 4.61. The van der Waals surface area contributed by atoms with Gasteiger partial charge in [0.15, 0.2) is 11.5 Å². The molecule has 0 atom stereocenters. The normalized spacial score (nSPS) is 17.0. The minimum absolute atomic E-state index is 0.604. The first-order valence-corrected chi connectivity index (χ1v) is 8.33. The monoisotopic (exact) mass is 356 g/mol. The maximum absolute atomic E-state index is 5.37. The highest BCUT2D eigenvalue weighted by Crippen LogP contribution is 2.33. The second-order valence-corrected chi connectivity index (χ2v) is 6.24. The zero-order chi connectivity index (χ0) is 15.2. The summed E-state index contributed by atoms with van der Waals surface area (Å²) in [5.74, 6) is 1.53. The second kappa shape index (κ2) is 8.01. The average Bonchev–Trinajstić information content (AvgIpc) is 2.53. The number of ether oxygens (including phenoxy) is 2. The van der Waals surface area contributed by atoms with Gasteiger partial charge in [0.25, 0.3) is 0 Å². The van der Waals surface area contributed by atoms with Gasteiger partial charge in [-0.25, -0.2) is 0 Å². The molecule has 1 N–H and O–H groups in total. The van der Waals surface area contributed by atoms with Crippen molar-refractivity contribution in [1.82, 2.24) is 10.2 Å². The molecule has 1 aliphatic heterocycles. The lowest BCUT2D eigenvalue weighted by molar-refractivity contribution is 0.206. The molecule has 1 aromatic carbocycles. The smallest absolute Gasteiger partial charge is 0.161 e. The van der Waals surface area contributed by atoms with Gasteiger partial charge in [-0.15, -0.1) is 0 Å². The largest absolute Gasteiger partial charge is 0.493 e. The van der Waals surface area contributed by atoms with Crippen LogP contribution in [0.3, 0.4) is 0 Å². The van der Waals surface area contributed by atoms with Gasteiger partial charge in [0, 0.05) is 17.1 Å². The first kappa shape index (κ1) is 16.6. The van der Waals surface area contributed by atoms with Crippen molar-refractivity contribution in [3.8, 4) is 11.5 Å². The summed E-state index contributed by atoms with van der Waals surface area (Å²) in [7, 11) is 3.33. The van der Waals surface area contributed by atoms with Crippen molar-refractivity contribution in [2.45, 2.75) is 32.4 Å². The second-order valence-electron chi connectivity index (χ2n) is 5.39. The molecule has 1 aliphatic rings. The summed E-state index contributed by atoms with van der Waals surface area (Å²) in [5.41, 5.74) is 1.20. The van der Waals surface area contributed by atoms with E-state index in [4.69, 9.17) is 9.47 Å². The van der Waals surface area contributed by atoms with Gasteiger partial charge in [-0.2, -0.15) is 0 Å². The third kappa shape index (κ3) is 4.34. The Balaban J connectivity index is 1.94.